The number of benzene rings is 1. The van der Waals surface area contributed by atoms with Crippen molar-refractivity contribution in [2.75, 3.05) is 27.3 Å². The van der Waals surface area contributed by atoms with Crippen molar-refractivity contribution in [3.63, 3.8) is 0 Å². The number of carbonyl (C=O) groups is 1. The van der Waals surface area contributed by atoms with Gasteiger partial charge in [0.2, 0.25) is 0 Å². The van der Waals surface area contributed by atoms with Gasteiger partial charge in [0.1, 0.15) is 12.3 Å². The molecule has 1 fully saturated rings. The Bertz CT molecular complexity index is 718. The summed E-state index contributed by atoms with van der Waals surface area (Å²) in [4.78, 5) is 15.7. The van der Waals surface area contributed by atoms with Crippen molar-refractivity contribution in [2.45, 2.75) is 6.92 Å². The van der Waals surface area contributed by atoms with Gasteiger partial charge in [-0.15, -0.1) is 0 Å². The Kier molecular flexibility index (Phi) is 5.85. The van der Waals surface area contributed by atoms with E-state index in [4.69, 9.17) is 33.3 Å². The maximum atomic E-state index is 12.4. The fourth-order valence-corrected chi connectivity index (χ4v) is 2.94. The number of halogens is 1. The van der Waals surface area contributed by atoms with E-state index in [2.05, 4.69) is 6.58 Å². The van der Waals surface area contributed by atoms with Gasteiger partial charge in [-0.1, -0.05) is 24.3 Å². The molecule has 24 heavy (non-hydrogen) atoms. The van der Waals surface area contributed by atoms with Crippen LogP contribution in [0.15, 0.2) is 30.5 Å². The lowest BCUT2D eigenvalue weighted by Crippen LogP contribution is -2.30. The number of nitrogens with zero attached hydrogens (tertiary/aromatic N) is 2. The van der Waals surface area contributed by atoms with Gasteiger partial charge in [0, 0.05) is 13.6 Å². The van der Waals surface area contributed by atoms with Crippen LogP contribution in [-0.2, 0) is 4.79 Å². The first-order valence-electron chi connectivity index (χ1n) is 7.37. The first-order chi connectivity index (χ1) is 11.4. The fraction of sp³-hybridized carbons (Fsp3) is 0.294. The number of carbonyl (C=O) groups excluding carboxylic acids is 1. The summed E-state index contributed by atoms with van der Waals surface area (Å²) in [6.45, 7) is 6.33. The normalized spacial score (nSPS) is 16.1. The van der Waals surface area contributed by atoms with Crippen molar-refractivity contribution in [1.82, 2.24) is 9.80 Å². The molecule has 0 aromatic heterocycles. The zero-order valence-electron chi connectivity index (χ0n) is 13.8. The zero-order valence-corrected chi connectivity index (χ0v) is 15.4. The minimum absolute atomic E-state index is 0.132. The van der Waals surface area contributed by atoms with E-state index in [1.165, 1.54) is 7.11 Å². The summed E-state index contributed by atoms with van der Waals surface area (Å²) in [6, 6.07) is 3.48. The predicted octanol–water partition coefficient (Wildman–Crippen LogP) is 3.33. The van der Waals surface area contributed by atoms with E-state index in [9.17, 15) is 4.79 Å². The standard InChI is InChI=1S/C17H19ClN2O3S/c1-5-7-23-15-12(18)8-11(10-14(15)22-4)9-13-16(21)20(6-2)17(24)19(13)3/h5,8-10H,1,6-7H2,2-4H3/b13-9-. The third-order valence-corrected chi connectivity index (χ3v) is 4.34. The SMILES string of the molecule is C=CCOc1c(Cl)cc(/C=C2/C(=O)N(CC)C(=S)N2C)cc1OC. The second kappa shape index (κ2) is 7.68. The van der Waals surface area contributed by atoms with Crippen LogP contribution < -0.4 is 9.47 Å². The Hall–Kier alpha value is -2.05. The first-order valence-corrected chi connectivity index (χ1v) is 8.15. The third-order valence-electron chi connectivity index (χ3n) is 3.56. The maximum Gasteiger partial charge on any atom is 0.276 e. The monoisotopic (exact) mass is 366 g/mol. The molecule has 5 nitrogen and oxygen atoms in total. The van der Waals surface area contributed by atoms with Gasteiger partial charge in [-0.2, -0.15) is 0 Å². The summed E-state index contributed by atoms with van der Waals surface area (Å²) in [5.74, 6) is 0.796. The molecule has 1 aliphatic heterocycles. The molecule has 7 heteroatoms. The number of amides is 1. The molecular formula is C17H19ClN2O3S. The van der Waals surface area contributed by atoms with Crippen molar-refractivity contribution in [3.8, 4) is 11.5 Å². The van der Waals surface area contributed by atoms with Gasteiger partial charge >= 0.3 is 0 Å². The third kappa shape index (κ3) is 3.39. The van der Waals surface area contributed by atoms with Gasteiger partial charge in [-0.05, 0) is 42.9 Å². The highest BCUT2D eigenvalue weighted by molar-refractivity contribution is 7.80. The molecule has 0 aliphatic carbocycles. The maximum absolute atomic E-state index is 12.4. The van der Waals surface area contributed by atoms with Crippen LogP contribution in [-0.4, -0.2) is 48.1 Å². The molecule has 1 aromatic rings. The molecule has 2 rings (SSSR count). The highest BCUT2D eigenvalue weighted by atomic mass is 35.5. The van der Waals surface area contributed by atoms with Crippen LogP contribution in [0.3, 0.4) is 0 Å². The molecule has 0 saturated carbocycles. The summed E-state index contributed by atoms with van der Waals surface area (Å²) in [6.07, 6.45) is 3.36. The molecule has 1 amide bonds. The van der Waals surface area contributed by atoms with Gasteiger partial charge in [0.05, 0.1) is 12.1 Å². The van der Waals surface area contributed by atoms with Gasteiger partial charge < -0.3 is 14.4 Å². The van der Waals surface area contributed by atoms with E-state index < -0.39 is 0 Å². The lowest BCUT2D eigenvalue weighted by atomic mass is 10.1. The Labute approximate surface area is 152 Å². The van der Waals surface area contributed by atoms with Crippen molar-refractivity contribution >= 4 is 40.9 Å². The van der Waals surface area contributed by atoms with E-state index in [1.54, 1.807) is 41.1 Å². The zero-order chi connectivity index (χ0) is 17.9. The average Bonchev–Trinajstić information content (AvgIpc) is 2.76. The molecule has 0 radical (unpaired) electrons. The largest absolute Gasteiger partial charge is 0.493 e. The van der Waals surface area contributed by atoms with Crippen LogP contribution in [0, 0.1) is 0 Å². The number of methoxy groups -OCH3 is 1. The van der Waals surface area contributed by atoms with Crippen LogP contribution in [0.2, 0.25) is 5.02 Å². The Morgan fingerprint density at radius 2 is 2.12 bits per heavy atom. The van der Waals surface area contributed by atoms with Gasteiger partial charge in [0.15, 0.2) is 16.6 Å². The molecule has 0 atom stereocenters. The van der Waals surface area contributed by atoms with Gasteiger partial charge in [-0.25, -0.2) is 0 Å². The summed E-state index contributed by atoms with van der Waals surface area (Å²) in [5, 5.41) is 0.879. The molecule has 1 aromatic carbocycles. The number of ether oxygens (including phenoxy) is 2. The molecule has 128 valence electrons. The molecule has 0 spiro atoms. The quantitative estimate of drug-likeness (QED) is 0.439. The highest BCUT2D eigenvalue weighted by Crippen LogP contribution is 2.37. The number of hydrogen-bond acceptors (Lipinski definition) is 4. The molecular weight excluding hydrogens is 348 g/mol. The van der Waals surface area contributed by atoms with Crippen LogP contribution in [0.1, 0.15) is 12.5 Å². The van der Waals surface area contributed by atoms with Crippen molar-refractivity contribution in [3.05, 3.63) is 41.1 Å². The van der Waals surface area contributed by atoms with E-state index in [0.717, 1.165) is 5.56 Å². The van der Waals surface area contributed by atoms with Gasteiger partial charge in [-0.3, -0.25) is 9.69 Å². The minimum atomic E-state index is -0.132. The van der Waals surface area contributed by atoms with Gasteiger partial charge in [0.25, 0.3) is 5.91 Å². The Balaban J connectivity index is 2.43. The lowest BCUT2D eigenvalue weighted by Gasteiger charge is -2.14. The molecule has 0 bridgehead atoms. The molecule has 1 saturated heterocycles. The number of thiocarbonyl (C=S) groups is 1. The second-order valence-electron chi connectivity index (χ2n) is 5.05. The van der Waals surface area contributed by atoms with E-state index in [1.807, 2.05) is 6.92 Å². The van der Waals surface area contributed by atoms with Crippen LogP contribution in [0.25, 0.3) is 6.08 Å². The van der Waals surface area contributed by atoms with Crippen LogP contribution >= 0.6 is 23.8 Å². The van der Waals surface area contributed by atoms with E-state index >= 15 is 0 Å². The van der Waals surface area contributed by atoms with Crippen molar-refractivity contribution < 1.29 is 14.3 Å². The molecule has 1 heterocycles. The summed E-state index contributed by atoms with van der Waals surface area (Å²) in [5.41, 5.74) is 1.21. The van der Waals surface area contributed by atoms with Crippen LogP contribution in [0.5, 0.6) is 11.5 Å². The Morgan fingerprint density at radius 1 is 1.42 bits per heavy atom. The predicted molar refractivity (Wildman–Crippen MR) is 99.4 cm³/mol. The number of likely N-dealkylation sites (N-methyl/N-ethyl adjacent to an activating group) is 2. The Morgan fingerprint density at radius 3 is 2.67 bits per heavy atom. The first kappa shape index (κ1) is 18.3. The van der Waals surface area contributed by atoms with Crippen LogP contribution in [0.4, 0.5) is 0 Å². The number of rotatable bonds is 6. The molecule has 0 N–H and O–H groups in total. The summed E-state index contributed by atoms with van der Waals surface area (Å²) in [7, 11) is 3.30. The topological polar surface area (TPSA) is 42.0 Å². The van der Waals surface area contributed by atoms with Crippen molar-refractivity contribution in [2.24, 2.45) is 0 Å². The number of hydrogen-bond donors (Lipinski definition) is 0. The second-order valence-corrected chi connectivity index (χ2v) is 5.83. The fourth-order valence-electron chi connectivity index (χ4n) is 2.35. The minimum Gasteiger partial charge on any atom is -0.493 e. The highest BCUT2D eigenvalue weighted by Gasteiger charge is 2.34. The average molecular weight is 367 g/mol. The lowest BCUT2D eigenvalue weighted by molar-refractivity contribution is -0.122. The summed E-state index contributed by atoms with van der Waals surface area (Å²) >= 11 is 11.6. The smallest absolute Gasteiger partial charge is 0.276 e. The van der Waals surface area contributed by atoms with E-state index in [-0.39, 0.29) is 5.91 Å². The van der Waals surface area contributed by atoms with E-state index in [0.29, 0.717) is 40.5 Å². The summed E-state index contributed by atoms with van der Waals surface area (Å²) < 4.78 is 10.9. The molecule has 0 unspecified atom stereocenters. The van der Waals surface area contributed by atoms with Crippen molar-refractivity contribution in [1.29, 1.82) is 0 Å². The molecule has 1 aliphatic rings.